The largest absolute Gasteiger partial charge is 0.197 e. The maximum absolute atomic E-state index is 7.58. The van der Waals surface area contributed by atoms with Gasteiger partial charge in [0.15, 0.2) is 0 Å². The Kier molecular flexibility index (Phi) is 16.5. The summed E-state index contributed by atoms with van der Waals surface area (Å²) >= 11 is 2.89. The van der Waals surface area contributed by atoms with Crippen molar-refractivity contribution in [3.63, 3.8) is 0 Å². The van der Waals surface area contributed by atoms with E-state index in [2.05, 4.69) is 15.9 Å². The third-order valence-electron chi connectivity index (χ3n) is 0.0598. The first-order valence-electron chi connectivity index (χ1n) is 0.844. The molecule has 0 rings (SSSR count). The number of alkyl halides is 1. The number of rotatable bonds is 0. The van der Waals surface area contributed by atoms with E-state index in [9.17, 15) is 0 Å². The van der Waals surface area contributed by atoms with Crippen LogP contribution in [0.15, 0.2) is 0 Å². The van der Waals surface area contributed by atoms with E-state index >= 15 is 0 Å². The van der Waals surface area contributed by atoms with Crippen molar-refractivity contribution in [2.45, 2.75) is 0 Å². The molecule has 5 heavy (non-hydrogen) atoms. The minimum absolute atomic E-state index is 0. The minimum atomic E-state index is 0. The summed E-state index contributed by atoms with van der Waals surface area (Å²) in [5, 5.41) is 8.02. The van der Waals surface area contributed by atoms with Crippen LogP contribution in [0.1, 0.15) is 0 Å². The summed E-state index contributed by atoms with van der Waals surface area (Å²) in [6.07, 6.45) is 0. The predicted octanol–water partition coefficient (Wildman–Crippen LogP) is 0.902. The van der Waals surface area contributed by atoms with Crippen molar-refractivity contribution in [2.75, 3.05) is 5.33 Å². The summed E-state index contributed by atoms with van der Waals surface area (Å²) in [4.78, 5) is 0. The molecule has 0 N–H and O–H groups in total. The molecule has 0 aliphatic heterocycles. The van der Waals surface area contributed by atoms with Crippen LogP contribution in [-0.2, 0) is 27.3 Å². The fourth-order valence-electron chi connectivity index (χ4n) is 0. The van der Waals surface area contributed by atoms with Crippen LogP contribution in [0.25, 0.3) is 0 Å². The molecular weight excluding hydrogens is 230 g/mol. The molecule has 0 heterocycles. The Labute approximate surface area is 59.6 Å². The molecule has 0 aromatic carbocycles. The number of nitriles is 1. The molecular formula is C2H2BrCdN. The minimum Gasteiger partial charge on any atom is -0.197 e. The van der Waals surface area contributed by atoms with Crippen LogP contribution < -0.4 is 0 Å². The third kappa shape index (κ3) is 11.4. The summed E-state index contributed by atoms with van der Waals surface area (Å²) in [7, 11) is 0. The standard InChI is InChI=1S/C2H2BrN.Cd/c3-1-2-4;/h1H2;. The number of hydrogen-bond donors (Lipinski definition) is 0. The quantitative estimate of drug-likeness (QED) is 0.450. The van der Waals surface area contributed by atoms with Crippen molar-refractivity contribution >= 4 is 15.9 Å². The first-order chi connectivity index (χ1) is 1.91. The van der Waals surface area contributed by atoms with E-state index in [1.54, 1.807) is 0 Å². The second-order valence-electron chi connectivity index (χ2n) is 0.292. The molecule has 0 amide bonds. The number of nitrogens with zero attached hydrogens (tertiary/aromatic N) is 1. The molecule has 0 saturated heterocycles. The SMILES string of the molecule is N#CCBr.[Cd]. The fourth-order valence-corrected chi connectivity index (χ4v) is 0. The zero-order valence-corrected chi connectivity index (χ0v) is 8.36. The van der Waals surface area contributed by atoms with E-state index < -0.39 is 0 Å². The summed E-state index contributed by atoms with van der Waals surface area (Å²) < 4.78 is 0. The van der Waals surface area contributed by atoms with Crippen molar-refractivity contribution in [1.29, 1.82) is 5.26 Å². The van der Waals surface area contributed by atoms with E-state index in [1.807, 2.05) is 6.07 Å². The summed E-state index contributed by atoms with van der Waals surface area (Å²) in [6.45, 7) is 0. The summed E-state index contributed by atoms with van der Waals surface area (Å²) in [5.41, 5.74) is 0. The predicted molar refractivity (Wildman–Crippen MR) is 19.4 cm³/mol. The van der Waals surface area contributed by atoms with E-state index in [0.29, 0.717) is 5.33 Å². The fraction of sp³-hybridized carbons (Fsp3) is 0.500. The van der Waals surface area contributed by atoms with Crippen LogP contribution in [0.2, 0.25) is 0 Å². The molecule has 0 aliphatic rings. The zero-order valence-electron chi connectivity index (χ0n) is 2.74. The van der Waals surface area contributed by atoms with Gasteiger partial charge >= 0.3 is 0 Å². The third-order valence-corrected chi connectivity index (χ3v) is 0.311. The van der Waals surface area contributed by atoms with Crippen LogP contribution in [0.5, 0.6) is 0 Å². The smallest absolute Gasteiger partial charge is 0.0905 e. The van der Waals surface area contributed by atoms with Crippen molar-refractivity contribution in [2.24, 2.45) is 0 Å². The maximum atomic E-state index is 7.58. The Hall–Kier alpha value is 0.892. The molecule has 0 aromatic rings. The average Bonchev–Trinajstić information content (AvgIpc) is 1.37. The van der Waals surface area contributed by atoms with Gasteiger partial charge in [-0.3, -0.25) is 0 Å². The molecule has 24 valence electrons. The molecule has 0 saturated carbocycles. The molecule has 0 unspecified atom stereocenters. The Bertz CT molecular complexity index is 39.4. The van der Waals surface area contributed by atoms with Crippen molar-refractivity contribution in [3.05, 3.63) is 0 Å². The van der Waals surface area contributed by atoms with E-state index in [0.717, 1.165) is 0 Å². The molecule has 0 spiro atoms. The number of halogens is 1. The topological polar surface area (TPSA) is 23.8 Å². The Morgan fingerprint density at radius 2 is 2.00 bits per heavy atom. The summed E-state index contributed by atoms with van der Waals surface area (Å²) in [5.74, 6) is 0. The monoisotopic (exact) mass is 233 g/mol. The van der Waals surface area contributed by atoms with Crippen molar-refractivity contribution in [3.8, 4) is 6.07 Å². The van der Waals surface area contributed by atoms with Gasteiger partial charge in [-0.2, -0.15) is 5.26 Å². The van der Waals surface area contributed by atoms with E-state index in [4.69, 9.17) is 5.26 Å². The van der Waals surface area contributed by atoms with Gasteiger partial charge in [0.1, 0.15) is 0 Å². The molecule has 0 atom stereocenters. The van der Waals surface area contributed by atoms with Crippen LogP contribution in [-0.4, -0.2) is 5.33 Å². The van der Waals surface area contributed by atoms with E-state index in [-0.39, 0.29) is 27.3 Å². The van der Waals surface area contributed by atoms with Gasteiger partial charge in [0.05, 0.1) is 11.4 Å². The van der Waals surface area contributed by atoms with Crippen LogP contribution in [0, 0.1) is 11.3 Å². The molecule has 3 heteroatoms. The van der Waals surface area contributed by atoms with Gasteiger partial charge in [-0.25, -0.2) is 0 Å². The Morgan fingerprint density at radius 1 is 1.80 bits per heavy atom. The van der Waals surface area contributed by atoms with Gasteiger partial charge in [0, 0.05) is 27.3 Å². The van der Waals surface area contributed by atoms with Gasteiger partial charge in [0.25, 0.3) is 0 Å². The normalized spacial score (nSPS) is 4.00. The first-order valence-corrected chi connectivity index (χ1v) is 1.97. The Balaban J connectivity index is 0. The van der Waals surface area contributed by atoms with Crippen LogP contribution >= 0.6 is 15.9 Å². The molecule has 0 radical (unpaired) electrons. The molecule has 1 nitrogen and oxygen atoms in total. The van der Waals surface area contributed by atoms with Crippen LogP contribution in [0.4, 0.5) is 0 Å². The summed E-state index contributed by atoms with van der Waals surface area (Å²) in [6, 6.07) is 1.85. The molecule has 0 fully saturated rings. The maximum Gasteiger partial charge on any atom is 0.0905 e. The first kappa shape index (κ1) is 9.31. The molecule has 0 aliphatic carbocycles. The average molecular weight is 232 g/mol. The van der Waals surface area contributed by atoms with Crippen molar-refractivity contribution < 1.29 is 27.3 Å². The zero-order chi connectivity index (χ0) is 3.41. The van der Waals surface area contributed by atoms with Crippen LogP contribution in [0.3, 0.4) is 0 Å². The van der Waals surface area contributed by atoms with Gasteiger partial charge in [-0.15, -0.1) is 0 Å². The van der Waals surface area contributed by atoms with Gasteiger partial charge in [0.2, 0.25) is 0 Å². The second kappa shape index (κ2) is 8.86. The van der Waals surface area contributed by atoms with Gasteiger partial charge in [-0.1, -0.05) is 15.9 Å². The van der Waals surface area contributed by atoms with Gasteiger partial charge < -0.3 is 0 Å². The van der Waals surface area contributed by atoms with E-state index in [1.165, 1.54) is 0 Å². The Morgan fingerprint density at radius 3 is 2.00 bits per heavy atom. The number of hydrogen-bond acceptors (Lipinski definition) is 1. The van der Waals surface area contributed by atoms with Gasteiger partial charge in [-0.05, 0) is 0 Å². The molecule has 0 aromatic heterocycles. The van der Waals surface area contributed by atoms with Crippen molar-refractivity contribution in [1.82, 2.24) is 0 Å². The second-order valence-corrected chi connectivity index (χ2v) is 0.852. The molecule has 0 bridgehead atoms.